The molecule has 6 heteroatoms. The number of aromatic hydroxyl groups is 2. The number of anilines is 1. The summed E-state index contributed by atoms with van der Waals surface area (Å²) in [4.78, 5) is 14.3. The van der Waals surface area contributed by atoms with Crippen LogP contribution in [0, 0.1) is 0 Å². The van der Waals surface area contributed by atoms with Gasteiger partial charge in [-0.15, -0.1) is 0 Å². The number of methoxy groups -OCH3 is 1. The summed E-state index contributed by atoms with van der Waals surface area (Å²) in [5.41, 5.74) is 1.40. The van der Waals surface area contributed by atoms with E-state index in [0.717, 1.165) is 11.3 Å². The van der Waals surface area contributed by atoms with Crippen molar-refractivity contribution >= 4 is 16.7 Å². The van der Waals surface area contributed by atoms with Gasteiger partial charge < -0.3 is 24.3 Å². The van der Waals surface area contributed by atoms with Crippen molar-refractivity contribution in [2.45, 2.75) is 0 Å². The molecule has 0 spiro atoms. The lowest BCUT2D eigenvalue weighted by Gasteiger charge is -2.13. The number of rotatable bonds is 3. The van der Waals surface area contributed by atoms with Gasteiger partial charge in [0.1, 0.15) is 16.7 Å². The van der Waals surface area contributed by atoms with E-state index in [4.69, 9.17) is 9.15 Å². The third-order valence-electron chi connectivity index (χ3n) is 3.80. The van der Waals surface area contributed by atoms with Crippen molar-refractivity contribution in [1.82, 2.24) is 0 Å². The van der Waals surface area contributed by atoms with Crippen molar-refractivity contribution in [3.05, 3.63) is 46.6 Å². The van der Waals surface area contributed by atoms with E-state index in [1.165, 1.54) is 19.2 Å². The molecule has 0 saturated carbocycles. The molecule has 0 aliphatic heterocycles. The number of hydrogen-bond donors (Lipinski definition) is 2. The molecule has 6 nitrogen and oxygen atoms in total. The van der Waals surface area contributed by atoms with E-state index < -0.39 is 11.2 Å². The highest BCUT2D eigenvalue weighted by Crippen LogP contribution is 2.41. The molecule has 0 amide bonds. The second-order valence-corrected chi connectivity index (χ2v) is 5.57. The van der Waals surface area contributed by atoms with Crippen LogP contribution >= 0.6 is 0 Å². The highest BCUT2D eigenvalue weighted by molar-refractivity contribution is 5.89. The first-order chi connectivity index (χ1) is 11.4. The molecule has 2 aromatic carbocycles. The van der Waals surface area contributed by atoms with Gasteiger partial charge in [0.25, 0.3) is 0 Å². The topological polar surface area (TPSA) is 83.1 Å². The van der Waals surface area contributed by atoms with E-state index in [1.54, 1.807) is 0 Å². The summed E-state index contributed by atoms with van der Waals surface area (Å²) in [6.45, 7) is 0. The van der Waals surface area contributed by atoms with Crippen LogP contribution in [0.15, 0.2) is 45.6 Å². The third kappa shape index (κ3) is 2.52. The van der Waals surface area contributed by atoms with Gasteiger partial charge in [0, 0.05) is 37.5 Å². The Bertz CT molecular complexity index is 958. The van der Waals surface area contributed by atoms with E-state index in [-0.39, 0.29) is 22.5 Å². The molecule has 3 rings (SSSR count). The van der Waals surface area contributed by atoms with Crippen LogP contribution in [-0.4, -0.2) is 31.4 Å². The Morgan fingerprint density at radius 3 is 2.33 bits per heavy atom. The highest BCUT2D eigenvalue weighted by atomic mass is 16.5. The predicted octanol–water partition coefficient (Wildman–Crippen LogP) is 2.95. The molecule has 0 fully saturated rings. The van der Waals surface area contributed by atoms with Crippen molar-refractivity contribution in [1.29, 1.82) is 0 Å². The second-order valence-electron chi connectivity index (χ2n) is 5.57. The number of nitrogens with zero attached hydrogens (tertiary/aromatic N) is 1. The van der Waals surface area contributed by atoms with Gasteiger partial charge in [0.15, 0.2) is 16.9 Å². The fourth-order valence-corrected chi connectivity index (χ4v) is 2.54. The zero-order valence-corrected chi connectivity index (χ0v) is 13.5. The van der Waals surface area contributed by atoms with Gasteiger partial charge in [-0.3, -0.25) is 4.79 Å². The number of phenolic OH excluding ortho intramolecular Hbond substituents is 2. The molecule has 0 radical (unpaired) electrons. The number of fused-ring (bicyclic) bond motifs is 1. The highest BCUT2D eigenvalue weighted by Gasteiger charge is 2.18. The van der Waals surface area contributed by atoms with Gasteiger partial charge in [-0.25, -0.2) is 0 Å². The number of phenols is 2. The summed E-state index contributed by atoms with van der Waals surface area (Å²) in [5, 5.41) is 20.0. The monoisotopic (exact) mass is 327 g/mol. The lowest BCUT2D eigenvalue weighted by Crippen LogP contribution is -2.08. The maximum Gasteiger partial charge on any atom is 0.203 e. The van der Waals surface area contributed by atoms with Crippen LogP contribution in [0.1, 0.15) is 0 Å². The van der Waals surface area contributed by atoms with Crippen LogP contribution in [0.5, 0.6) is 17.2 Å². The van der Waals surface area contributed by atoms with E-state index >= 15 is 0 Å². The Hall–Kier alpha value is -3.15. The first kappa shape index (κ1) is 15.7. The van der Waals surface area contributed by atoms with Crippen LogP contribution in [0.4, 0.5) is 5.69 Å². The zero-order valence-electron chi connectivity index (χ0n) is 13.5. The largest absolute Gasteiger partial charge is 0.504 e. The fourth-order valence-electron chi connectivity index (χ4n) is 2.54. The number of hydrogen-bond acceptors (Lipinski definition) is 6. The minimum absolute atomic E-state index is 0.0293. The van der Waals surface area contributed by atoms with E-state index in [1.807, 2.05) is 43.3 Å². The van der Waals surface area contributed by atoms with E-state index in [0.29, 0.717) is 5.76 Å². The fraction of sp³-hybridized carbons (Fsp3) is 0.167. The summed E-state index contributed by atoms with van der Waals surface area (Å²) in [6.07, 6.45) is 0. The molecular weight excluding hydrogens is 310 g/mol. The second kappa shape index (κ2) is 5.81. The molecule has 0 aliphatic carbocycles. The molecule has 0 atom stereocenters. The molecular formula is C18H17NO5. The molecule has 0 unspecified atom stereocenters. The molecule has 3 aromatic rings. The summed E-state index contributed by atoms with van der Waals surface area (Å²) in [5.74, 6) is -0.541. The van der Waals surface area contributed by atoms with Gasteiger partial charge in [-0.05, 0) is 24.3 Å². The molecule has 1 heterocycles. The molecule has 0 aliphatic rings. The van der Waals surface area contributed by atoms with Gasteiger partial charge in [0.05, 0.1) is 7.11 Å². The normalized spacial score (nSPS) is 10.8. The van der Waals surface area contributed by atoms with Gasteiger partial charge in [-0.2, -0.15) is 0 Å². The van der Waals surface area contributed by atoms with Crippen LogP contribution < -0.4 is 15.1 Å². The van der Waals surface area contributed by atoms with Crippen LogP contribution in [-0.2, 0) is 0 Å². The van der Waals surface area contributed by atoms with Crippen molar-refractivity contribution < 1.29 is 19.4 Å². The summed E-state index contributed by atoms with van der Waals surface area (Å²) in [6, 6.07) is 10.0. The Labute approximate surface area is 138 Å². The molecule has 0 bridgehead atoms. The maximum atomic E-state index is 12.4. The SMILES string of the molecule is COc1c(O)cc2oc(-c3ccc(N(C)C)cc3)cc(=O)c2c1O. The van der Waals surface area contributed by atoms with Crippen LogP contribution in [0.25, 0.3) is 22.3 Å². The number of benzene rings is 2. The molecule has 1 aromatic heterocycles. The van der Waals surface area contributed by atoms with Crippen molar-refractivity contribution in [3.8, 4) is 28.6 Å². The third-order valence-corrected chi connectivity index (χ3v) is 3.80. The summed E-state index contributed by atoms with van der Waals surface area (Å²) < 4.78 is 10.6. The predicted molar refractivity (Wildman–Crippen MR) is 92.1 cm³/mol. The lowest BCUT2D eigenvalue weighted by molar-refractivity contribution is 0.346. The Morgan fingerprint density at radius 2 is 1.75 bits per heavy atom. The van der Waals surface area contributed by atoms with Crippen LogP contribution in [0.2, 0.25) is 0 Å². The summed E-state index contributed by atoms with van der Waals surface area (Å²) >= 11 is 0. The summed E-state index contributed by atoms with van der Waals surface area (Å²) in [7, 11) is 5.16. The minimum atomic E-state index is -0.434. The molecule has 2 N–H and O–H groups in total. The lowest BCUT2D eigenvalue weighted by atomic mass is 10.1. The van der Waals surface area contributed by atoms with E-state index in [9.17, 15) is 15.0 Å². The minimum Gasteiger partial charge on any atom is -0.504 e. The van der Waals surface area contributed by atoms with Crippen LogP contribution in [0.3, 0.4) is 0 Å². The number of ether oxygens (including phenoxy) is 1. The Morgan fingerprint density at radius 1 is 1.08 bits per heavy atom. The quantitative estimate of drug-likeness (QED) is 0.769. The van der Waals surface area contributed by atoms with Gasteiger partial charge >= 0.3 is 0 Å². The van der Waals surface area contributed by atoms with Crippen molar-refractivity contribution in [3.63, 3.8) is 0 Å². The standard InChI is InChI=1S/C18H17NO5/c1-19(2)11-6-4-10(5-7-11)14-8-12(20)16-15(24-14)9-13(21)18(23-3)17(16)22/h4-9,21-22H,1-3H3. The molecule has 0 saturated heterocycles. The maximum absolute atomic E-state index is 12.4. The Kier molecular flexibility index (Phi) is 3.81. The average Bonchev–Trinajstić information content (AvgIpc) is 2.54. The van der Waals surface area contributed by atoms with Gasteiger partial charge in [-0.1, -0.05) is 0 Å². The van der Waals surface area contributed by atoms with Gasteiger partial charge in [0.2, 0.25) is 5.75 Å². The first-order valence-corrected chi connectivity index (χ1v) is 7.27. The van der Waals surface area contributed by atoms with E-state index in [2.05, 4.69) is 0 Å². The molecule has 24 heavy (non-hydrogen) atoms. The zero-order chi connectivity index (χ0) is 17.4. The molecule has 124 valence electrons. The van der Waals surface area contributed by atoms with Crippen molar-refractivity contribution in [2.24, 2.45) is 0 Å². The first-order valence-electron chi connectivity index (χ1n) is 7.27. The smallest absolute Gasteiger partial charge is 0.203 e. The Balaban J connectivity index is 2.19. The average molecular weight is 327 g/mol. The van der Waals surface area contributed by atoms with Crippen molar-refractivity contribution in [2.75, 3.05) is 26.1 Å².